The predicted molar refractivity (Wildman–Crippen MR) is 82.0 cm³/mol. The van der Waals surface area contributed by atoms with Crippen molar-refractivity contribution in [3.05, 3.63) is 18.5 Å². The summed E-state index contributed by atoms with van der Waals surface area (Å²) in [6.07, 6.45) is 6.82. The lowest BCUT2D eigenvalue weighted by Gasteiger charge is -2.21. The minimum absolute atomic E-state index is 0.207. The molecule has 1 atom stereocenters. The smallest absolute Gasteiger partial charge is 0.279 e. The monoisotopic (exact) mass is 315 g/mol. The second-order valence-electron chi connectivity index (χ2n) is 5.66. The lowest BCUT2D eigenvalue weighted by molar-refractivity contribution is 0.425. The van der Waals surface area contributed by atoms with E-state index in [4.69, 9.17) is 0 Å². The summed E-state index contributed by atoms with van der Waals surface area (Å²) in [7, 11) is -1.82. The highest BCUT2D eigenvalue weighted by Gasteiger charge is 2.22. The topological polar surface area (TPSA) is 79.3 Å². The molecule has 2 N–H and O–H groups in total. The average molecular weight is 315 g/mol. The van der Waals surface area contributed by atoms with Gasteiger partial charge in [-0.05, 0) is 38.8 Å². The van der Waals surface area contributed by atoms with Crippen LogP contribution in [0, 0.1) is 0 Å². The van der Waals surface area contributed by atoms with Crippen molar-refractivity contribution in [2.24, 2.45) is 0 Å². The van der Waals surface area contributed by atoms with E-state index >= 15 is 0 Å². The Morgan fingerprint density at radius 3 is 2.86 bits per heavy atom. The zero-order chi connectivity index (χ0) is 15.3. The van der Waals surface area contributed by atoms with E-state index in [9.17, 15) is 8.42 Å². The van der Waals surface area contributed by atoms with Gasteiger partial charge in [-0.3, -0.25) is 4.68 Å². The summed E-state index contributed by atoms with van der Waals surface area (Å²) in [6.45, 7) is 3.74. The molecule has 1 heterocycles. The van der Waals surface area contributed by atoms with Crippen LogP contribution in [0.15, 0.2) is 18.5 Å². The number of hydrogen-bond donors (Lipinski definition) is 2. The normalized spacial score (nSPS) is 17.3. The van der Waals surface area contributed by atoms with Crippen molar-refractivity contribution in [1.29, 1.82) is 0 Å². The zero-order valence-electron chi connectivity index (χ0n) is 12.7. The molecule has 8 heteroatoms. The minimum Gasteiger partial charge on any atom is -0.314 e. The Balaban J connectivity index is 1.70. The lowest BCUT2D eigenvalue weighted by Crippen LogP contribution is -2.44. The summed E-state index contributed by atoms with van der Waals surface area (Å²) in [5, 5.41) is 7.45. The first-order chi connectivity index (χ1) is 9.97. The molecule has 21 heavy (non-hydrogen) atoms. The van der Waals surface area contributed by atoms with Gasteiger partial charge in [-0.2, -0.15) is 22.5 Å². The average Bonchev–Trinajstić information content (AvgIpc) is 3.10. The molecule has 0 bridgehead atoms. The Hall–Kier alpha value is -0.960. The molecular formula is C13H25N5O2S. The van der Waals surface area contributed by atoms with Gasteiger partial charge in [0.15, 0.2) is 0 Å². The molecule has 1 aliphatic rings. The molecule has 1 saturated carbocycles. The highest BCUT2D eigenvalue weighted by Crippen LogP contribution is 2.18. The van der Waals surface area contributed by atoms with E-state index in [-0.39, 0.29) is 6.04 Å². The first-order valence-corrected chi connectivity index (χ1v) is 8.86. The van der Waals surface area contributed by atoms with E-state index < -0.39 is 10.2 Å². The van der Waals surface area contributed by atoms with Gasteiger partial charge in [-0.1, -0.05) is 0 Å². The highest BCUT2D eigenvalue weighted by molar-refractivity contribution is 7.87. The molecule has 0 amide bonds. The van der Waals surface area contributed by atoms with E-state index in [1.165, 1.54) is 17.1 Å². The van der Waals surface area contributed by atoms with Crippen LogP contribution in [0.5, 0.6) is 0 Å². The van der Waals surface area contributed by atoms with Crippen LogP contribution >= 0.6 is 0 Å². The summed E-state index contributed by atoms with van der Waals surface area (Å²) < 4.78 is 30.1. The fourth-order valence-corrected chi connectivity index (χ4v) is 3.22. The Labute approximate surface area is 126 Å². The third-order valence-corrected chi connectivity index (χ3v) is 5.14. The molecule has 7 nitrogen and oxygen atoms in total. The largest absolute Gasteiger partial charge is 0.314 e. The molecule has 1 aliphatic carbocycles. The molecule has 1 fully saturated rings. The van der Waals surface area contributed by atoms with Crippen molar-refractivity contribution in [1.82, 2.24) is 24.1 Å². The van der Waals surface area contributed by atoms with Crippen LogP contribution in [0.1, 0.15) is 26.2 Å². The molecule has 0 aromatic carbocycles. The first kappa shape index (κ1) is 16.4. The van der Waals surface area contributed by atoms with Crippen LogP contribution in [0.3, 0.4) is 0 Å². The summed E-state index contributed by atoms with van der Waals surface area (Å²) in [6, 6.07) is 2.28. The predicted octanol–water partition coefficient (Wildman–Crippen LogP) is 0.180. The van der Waals surface area contributed by atoms with E-state index in [1.807, 2.05) is 19.2 Å². The Morgan fingerprint density at radius 1 is 1.48 bits per heavy atom. The molecule has 2 rings (SSSR count). The van der Waals surface area contributed by atoms with Crippen LogP contribution < -0.4 is 10.0 Å². The SMILES string of the molecule is CC(Cn1cccn1)NS(=O)(=O)N(C)CCCNC1CC1. The van der Waals surface area contributed by atoms with Crippen LogP contribution in [-0.4, -0.2) is 54.7 Å². The minimum atomic E-state index is -3.43. The summed E-state index contributed by atoms with van der Waals surface area (Å²) in [5.74, 6) is 0. The molecule has 0 radical (unpaired) electrons. The first-order valence-electron chi connectivity index (χ1n) is 7.42. The standard InChI is InChI=1S/C13H25N5O2S/c1-12(11-18-10-4-8-15-18)16-21(19,20)17(2)9-3-7-14-13-5-6-13/h4,8,10,12-14,16H,3,5-7,9,11H2,1-2H3. The van der Waals surface area contributed by atoms with Crippen molar-refractivity contribution in [3.63, 3.8) is 0 Å². The highest BCUT2D eigenvalue weighted by atomic mass is 32.2. The van der Waals surface area contributed by atoms with Gasteiger partial charge in [0, 0.05) is 38.1 Å². The van der Waals surface area contributed by atoms with Gasteiger partial charge in [-0.25, -0.2) is 0 Å². The molecule has 0 saturated heterocycles. The van der Waals surface area contributed by atoms with Gasteiger partial charge in [0.2, 0.25) is 0 Å². The van der Waals surface area contributed by atoms with Gasteiger partial charge >= 0.3 is 0 Å². The van der Waals surface area contributed by atoms with E-state index in [0.29, 0.717) is 19.1 Å². The van der Waals surface area contributed by atoms with Gasteiger partial charge in [0.25, 0.3) is 10.2 Å². The molecule has 0 aliphatic heterocycles. The Morgan fingerprint density at radius 2 is 2.24 bits per heavy atom. The summed E-state index contributed by atoms with van der Waals surface area (Å²) >= 11 is 0. The third-order valence-electron chi connectivity index (χ3n) is 3.44. The number of nitrogens with one attached hydrogen (secondary N) is 2. The van der Waals surface area contributed by atoms with Crippen molar-refractivity contribution >= 4 is 10.2 Å². The van der Waals surface area contributed by atoms with Crippen LogP contribution in [0.25, 0.3) is 0 Å². The van der Waals surface area contributed by atoms with E-state index in [2.05, 4.69) is 15.1 Å². The third kappa shape index (κ3) is 5.74. The number of hydrogen-bond acceptors (Lipinski definition) is 4. The van der Waals surface area contributed by atoms with Crippen molar-refractivity contribution in [3.8, 4) is 0 Å². The summed E-state index contributed by atoms with van der Waals surface area (Å²) in [4.78, 5) is 0. The summed E-state index contributed by atoms with van der Waals surface area (Å²) in [5.41, 5.74) is 0. The van der Waals surface area contributed by atoms with Crippen molar-refractivity contribution in [2.45, 2.75) is 44.8 Å². The van der Waals surface area contributed by atoms with Crippen LogP contribution in [0.4, 0.5) is 0 Å². The number of nitrogens with zero attached hydrogens (tertiary/aromatic N) is 3. The lowest BCUT2D eigenvalue weighted by atomic mass is 10.4. The Bertz CT molecular complexity index is 513. The van der Waals surface area contributed by atoms with Crippen LogP contribution in [0.2, 0.25) is 0 Å². The maximum absolute atomic E-state index is 12.2. The zero-order valence-corrected chi connectivity index (χ0v) is 13.5. The molecule has 1 aromatic heterocycles. The number of rotatable bonds is 10. The maximum Gasteiger partial charge on any atom is 0.279 e. The van der Waals surface area contributed by atoms with Gasteiger partial charge in [0.1, 0.15) is 0 Å². The second-order valence-corrected chi connectivity index (χ2v) is 7.46. The molecule has 0 spiro atoms. The molecular weight excluding hydrogens is 290 g/mol. The fourth-order valence-electron chi connectivity index (χ4n) is 2.09. The molecule has 1 aromatic rings. The fraction of sp³-hybridized carbons (Fsp3) is 0.769. The van der Waals surface area contributed by atoms with Gasteiger partial charge in [0.05, 0.1) is 6.54 Å². The van der Waals surface area contributed by atoms with Crippen molar-refractivity contribution < 1.29 is 8.42 Å². The van der Waals surface area contributed by atoms with Crippen molar-refractivity contribution in [2.75, 3.05) is 20.1 Å². The van der Waals surface area contributed by atoms with E-state index in [1.54, 1.807) is 17.9 Å². The van der Waals surface area contributed by atoms with Gasteiger partial charge < -0.3 is 5.32 Å². The quantitative estimate of drug-likeness (QED) is 0.604. The van der Waals surface area contributed by atoms with Gasteiger partial charge in [-0.15, -0.1) is 0 Å². The Kier molecular flexibility index (Phi) is 5.74. The molecule has 1 unspecified atom stereocenters. The van der Waals surface area contributed by atoms with Crippen LogP contribution in [-0.2, 0) is 16.8 Å². The molecule has 120 valence electrons. The maximum atomic E-state index is 12.2. The number of aromatic nitrogens is 2. The van der Waals surface area contributed by atoms with E-state index in [0.717, 1.165) is 13.0 Å². The second kappa shape index (κ2) is 7.35.